The van der Waals surface area contributed by atoms with E-state index in [1.165, 1.54) is 12.1 Å². The molecule has 0 aliphatic rings. The molecule has 1 aromatic carbocycles. The van der Waals surface area contributed by atoms with Crippen molar-refractivity contribution in [3.8, 4) is 0 Å². The summed E-state index contributed by atoms with van der Waals surface area (Å²) in [6.07, 6.45) is 0. The minimum Gasteiger partial charge on any atom is -0.598 e. The van der Waals surface area contributed by atoms with Crippen LogP contribution in [0.5, 0.6) is 0 Å². The molecule has 106 valence electrons. The highest BCUT2D eigenvalue weighted by Gasteiger charge is 2.28. The number of nitro benzene ring substituents is 1. The first kappa shape index (κ1) is 15.7. The molecule has 7 heteroatoms. The third-order valence-corrected chi connectivity index (χ3v) is 4.27. The Morgan fingerprint density at radius 2 is 2.00 bits per heavy atom. The third-order valence-electron chi connectivity index (χ3n) is 2.59. The molecule has 0 heterocycles. The van der Waals surface area contributed by atoms with Crippen molar-refractivity contribution in [1.82, 2.24) is 4.72 Å². The molecule has 0 aliphatic carbocycles. The first-order valence-electron chi connectivity index (χ1n) is 5.85. The van der Waals surface area contributed by atoms with E-state index in [1.807, 2.05) is 20.8 Å². The lowest BCUT2D eigenvalue weighted by atomic mass is 10.1. The van der Waals surface area contributed by atoms with E-state index >= 15 is 0 Å². The van der Waals surface area contributed by atoms with Gasteiger partial charge in [0.25, 0.3) is 5.69 Å². The summed E-state index contributed by atoms with van der Waals surface area (Å²) in [5.74, 6) is 0. The summed E-state index contributed by atoms with van der Waals surface area (Å²) < 4.78 is 14.5. The predicted molar refractivity (Wildman–Crippen MR) is 77.0 cm³/mol. The van der Waals surface area contributed by atoms with Crippen LogP contribution in [-0.2, 0) is 11.4 Å². The molecular weight excluding hydrogens is 266 g/mol. The summed E-state index contributed by atoms with van der Waals surface area (Å²) in [5.41, 5.74) is 6.21. The molecule has 0 saturated carbocycles. The molecule has 1 rings (SSSR count). The van der Waals surface area contributed by atoms with Crippen LogP contribution in [0.1, 0.15) is 39.3 Å². The molecule has 1 unspecified atom stereocenters. The minimum atomic E-state index is -1.24. The Hall–Kier alpha value is -1.31. The van der Waals surface area contributed by atoms with Gasteiger partial charge < -0.3 is 10.3 Å². The molecule has 1 aromatic rings. The number of nitrogen functional groups attached to an aromatic ring is 1. The van der Waals surface area contributed by atoms with Crippen molar-refractivity contribution in [1.29, 1.82) is 0 Å². The van der Waals surface area contributed by atoms with Crippen molar-refractivity contribution in [3.63, 3.8) is 0 Å². The molecule has 0 spiro atoms. The molecule has 0 aliphatic heterocycles. The second kappa shape index (κ2) is 5.77. The zero-order valence-corrected chi connectivity index (χ0v) is 12.3. The number of anilines is 1. The lowest BCUT2D eigenvalue weighted by molar-refractivity contribution is -0.384. The van der Waals surface area contributed by atoms with E-state index in [2.05, 4.69) is 4.72 Å². The van der Waals surface area contributed by atoms with Gasteiger partial charge in [0.1, 0.15) is 10.4 Å². The van der Waals surface area contributed by atoms with Crippen LogP contribution >= 0.6 is 0 Å². The topological polar surface area (TPSA) is 104 Å². The molecule has 0 fully saturated rings. The molecule has 2 atom stereocenters. The van der Waals surface area contributed by atoms with Crippen LogP contribution in [0.2, 0.25) is 0 Å². The highest BCUT2D eigenvalue weighted by molar-refractivity contribution is 7.90. The summed E-state index contributed by atoms with van der Waals surface area (Å²) in [4.78, 5) is 10.3. The number of nitrogens with zero attached hydrogens (tertiary/aromatic N) is 1. The maximum Gasteiger partial charge on any atom is 0.292 e. The van der Waals surface area contributed by atoms with Gasteiger partial charge in [0, 0.05) is 17.4 Å². The van der Waals surface area contributed by atoms with Gasteiger partial charge in [-0.05, 0) is 39.3 Å². The summed E-state index contributed by atoms with van der Waals surface area (Å²) in [7, 11) is 0. The molecule has 19 heavy (non-hydrogen) atoms. The molecule has 0 aromatic heterocycles. The summed E-state index contributed by atoms with van der Waals surface area (Å²) in [5, 5.41) is 10.8. The number of benzene rings is 1. The molecule has 0 bridgehead atoms. The van der Waals surface area contributed by atoms with Crippen molar-refractivity contribution in [2.45, 2.75) is 38.5 Å². The zero-order chi connectivity index (χ0) is 14.8. The van der Waals surface area contributed by atoms with Gasteiger partial charge in [-0.25, -0.2) is 0 Å². The molecular formula is C12H19N3O3S. The molecule has 0 amide bonds. The van der Waals surface area contributed by atoms with Gasteiger partial charge in [-0.1, -0.05) is 6.07 Å². The monoisotopic (exact) mass is 285 g/mol. The Bertz CT molecular complexity index is 474. The lowest BCUT2D eigenvalue weighted by Gasteiger charge is -2.26. The van der Waals surface area contributed by atoms with Crippen molar-refractivity contribution in [3.05, 3.63) is 33.9 Å². The first-order valence-corrected chi connectivity index (χ1v) is 6.99. The van der Waals surface area contributed by atoms with Gasteiger partial charge >= 0.3 is 0 Å². The highest BCUT2D eigenvalue weighted by atomic mass is 32.2. The van der Waals surface area contributed by atoms with E-state index < -0.39 is 21.0 Å². The van der Waals surface area contributed by atoms with Crippen molar-refractivity contribution >= 4 is 22.7 Å². The quantitative estimate of drug-likeness (QED) is 0.382. The molecule has 0 radical (unpaired) electrons. The van der Waals surface area contributed by atoms with Gasteiger partial charge in [0.15, 0.2) is 0 Å². The maximum atomic E-state index is 12.0. The van der Waals surface area contributed by atoms with Crippen LogP contribution in [0.15, 0.2) is 18.2 Å². The summed E-state index contributed by atoms with van der Waals surface area (Å²) >= 11 is -1.24. The van der Waals surface area contributed by atoms with Crippen LogP contribution < -0.4 is 10.5 Å². The lowest BCUT2D eigenvalue weighted by Crippen LogP contribution is -2.40. The predicted octanol–water partition coefficient (Wildman–Crippen LogP) is 2.29. The number of hydrogen-bond donors (Lipinski definition) is 2. The maximum absolute atomic E-state index is 12.0. The second-order valence-corrected chi connectivity index (χ2v) is 7.29. The Kier molecular flexibility index (Phi) is 4.78. The Balaban J connectivity index is 2.92. The van der Waals surface area contributed by atoms with Crippen molar-refractivity contribution in [2.24, 2.45) is 0 Å². The standard InChI is InChI=1S/C12H19N3O3S/c1-8(14-19(18)12(2,3)4)9-5-6-10(13)11(7-9)15(16)17/h5-8,14H,13H2,1-4H3/t8?,19-/m0/s1. The number of nitrogens with one attached hydrogen (secondary N) is 1. The third kappa shape index (κ3) is 4.09. The SMILES string of the molecule is CC(N[S@@+]([O-])C(C)(C)C)c1ccc(N)c([N+](=O)[O-])c1. The summed E-state index contributed by atoms with van der Waals surface area (Å²) in [6, 6.07) is 4.33. The van der Waals surface area contributed by atoms with Crippen LogP contribution in [-0.4, -0.2) is 14.2 Å². The fraction of sp³-hybridized carbons (Fsp3) is 0.500. The van der Waals surface area contributed by atoms with E-state index in [9.17, 15) is 14.7 Å². The van der Waals surface area contributed by atoms with Crippen molar-refractivity contribution in [2.75, 3.05) is 5.73 Å². The Morgan fingerprint density at radius 1 is 1.42 bits per heavy atom. The smallest absolute Gasteiger partial charge is 0.292 e. The zero-order valence-electron chi connectivity index (χ0n) is 11.5. The van der Waals surface area contributed by atoms with Crippen LogP contribution in [0, 0.1) is 10.1 Å². The van der Waals surface area contributed by atoms with Gasteiger partial charge in [0.05, 0.1) is 11.0 Å². The average molecular weight is 285 g/mol. The molecule has 6 nitrogen and oxygen atoms in total. The first-order chi connectivity index (χ1) is 8.62. The van der Waals surface area contributed by atoms with Crippen LogP contribution in [0.3, 0.4) is 0 Å². The van der Waals surface area contributed by atoms with E-state index in [4.69, 9.17) is 5.73 Å². The van der Waals surface area contributed by atoms with Gasteiger partial charge in [-0.15, -0.1) is 4.72 Å². The molecule has 0 saturated heterocycles. The van der Waals surface area contributed by atoms with Gasteiger partial charge in [-0.3, -0.25) is 10.1 Å². The van der Waals surface area contributed by atoms with Gasteiger partial charge in [0.2, 0.25) is 0 Å². The Labute approximate surface area is 115 Å². The highest BCUT2D eigenvalue weighted by Crippen LogP contribution is 2.26. The largest absolute Gasteiger partial charge is 0.598 e. The van der Waals surface area contributed by atoms with Crippen LogP contribution in [0.25, 0.3) is 0 Å². The molecule has 3 N–H and O–H groups in total. The van der Waals surface area contributed by atoms with E-state index in [0.29, 0.717) is 5.56 Å². The van der Waals surface area contributed by atoms with Crippen molar-refractivity contribution < 1.29 is 9.48 Å². The van der Waals surface area contributed by atoms with E-state index in [1.54, 1.807) is 13.0 Å². The number of rotatable bonds is 4. The normalized spacial score (nSPS) is 15.0. The van der Waals surface area contributed by atoms with Gasteiger partial charge in [-0.2, -0.15) is 0 Å². The Morgan fingerprint density at radius 3 is 2.47 bits per heavy atom. The van der Waals surface area contributed by atoms with E-state index in [0.717, 1.165) is 0 Å². The fourth-order valence-electron chi connectivity index (χ4n) is 1.39. The number of hydrogen-bond acceptors (Lipinski definition) is 5. The average Bonchev–Trinajstić information content (AvgIpc) is 2.27. The summed E-state index contributed by atoms with van der Waals surface area (Å²) in [6.45, 7) is 7.37. The van der Waals surface area contributed by atoms with E-state index in [-0.39, 0.29) is 17.4 Å². The number of nitro groups is 1. The number of nitrogens with two attached hydrogens (primary N) is 1. The van der Waals surface area contributed by atoms with Crippen LogP contribution in [0.4, 0.5) is 11.4 Å². The minimum absolute atomic E-state index is 0.123. The second-order valence-electron chi connectivity index (χ2n) is 5.30. The fourth-order valence-corrected chi connectivity index (χ4v) is 2.20.